The van der Waals surface area contributed by atoms with Gasteiger partial charge in [0.25, 0.3) is 0 Å². The lowest BCUT2D eigenvalue weighted by Gasteiger charge is -2.27. The van der Waals surface area contributed by atoms with Crippen molar-refractivity contribution >= 4 is 33.1 Å². The quantitative estimate of drug-likeness (QED) is 0.651. The van der Waals surface area contributed by atoms with Gasteiger partial charge in [-0.3, -0.25) is 0 Å². The van der Waals surface area contributed by atoms with E-state index in [1.54, 1.807) is 6.07 Å². The number of carbonyl (C=O) groups is 1. The number of halogens is 3. The summed E-state index contributed by atoms with van der Waals surface area (Å²) in [5.74, 6) is 0. The average Bonchev–Trinajstić information content (AvgIpc) is 3.34. The number of benzene rings is 2. The molecule has 2 N–H and O–H groups in total. The zero-order valence-electron chi connectivity index (χ0n) is 18.3. The molecule has 4 rings (SSSR count). The van der Waals surface area contributed by atoms with Crippen molar-refractivity contribution in [2.45, 2.75) is 23.9 Å². The van der Waals surface area contributed by atoms with Gasteiger partial charge < -0.3 is 20.3 Å². The zero-order valence-corrected chi connectivity index (χ0v) is 19.1. The highest BCUT2D eigenvalue weighted by Crippen LogP contribution is 2.33. The lowest BCUT2D eigenvalue weighted by molar-refractivity contribution is -0.137. The van der Waals surface area contributed by atoms with Crippen molar-refractivity contribution in [2.24, 2.45) is 0 Å². The largest absolute Gasteiger partial charge is 0.416 e. The second-order valence-electron chi connectivity index (χ2n) is 8.05. The van der Waals surface area contributed by atoms with Gasteiger partial charge in [0.1, 0.15) is 0 Å². The van der Waals surface area contributed by atoms with E-state index in [0.29, 0.717) is 18.9 Å². The topological polar surface area (TPSA) is 91.0 Å². The maximum absolute atomic E-state index is 13.1. The molecule has 184 valence electrons. The first-order valence-electron chi connectivity index (χ1n) is 10.9. The smallest absolute Gasteiger partial charge is 0.379 e. The molecule has 34 heavy (non-hydrogen) atoms. The fraction of sp³-hybridized carbons (Fsp3) is 0.409. The molecule has 0 bridgehead atoms. The monoisotopic (exact) mass is 498 g/mol. The number of anilines is 3. The normalized spacial score (nSPS) is 17.6. The Bertz CT molecular complexity index is 1150. The van der Waals surface area contributed by atoms with Gasteiger partial charge in [0, 0.05) is 31.9 Å². The number of ether oxygens (including phenoxy) is 1. The molecule has 2 amide bonds. The van der Waals surface area contributed by atoms with Crippen LogP contribution < -0.4 is 15.5 Å². The molecule has 0 unspecified atom stereocenters. The minimum atomic E-state index is -4.54. The van der Waals surface area contributed by atoms with Crippen molar-refractivity contribution in [1.29, 1.82) is 0 Å². The number of hydrogen-bond donors (Lipinski definition) is 2. The van der Waals surface area contributed by atoms with Gasteiger partial charge in [-0.25, -0.2) is 13.2 Å². The first-order chi connectivity index (χ1) is 16.1. The molecule has 2 aliphatic heterocycles. The molecule has 0 aromatic heterocycles. The Kier molecular flexibility index (Phi) is 7.01. The number of carbonyl (C=O) groups excluding carboxylic acids is 1. The van der Waals surface area contributed by atoms with E-state index in [9.17, 15) is 26.4 Å². The SMILES string of the molecule is O=C(Nc1cccc(C(F)(F)F)c1)Nc1cc(S(=O)(=O)N2CCOCC2)ccc1N1CCCC1. The molecular weight excluding hydrogens is 473 g/mol. The van der Waals surface area contributed by atoms with Crippen LogP contribution in [0.25, 0.3) is 0 Å². The highest BCUT2D eigenvalue weighted by Gasteiger charge is 2.31. The lowest BCUT2D eigenvalue weighted by atomic mass is 10.2. The Labute approximate surface area is 195 Å². The van der Waals surface area contributed by atoms with Gasteiger partial charge in [0.05, 0.1) is 35.0 Å². The summed E-state index contributed by atoms with van der Waals surface area (Å²) in [6, 6.07) is 8.06. The number of amides is 2. The molecule has 0 saturated carbocycles. The van der Waals surface area contributed by atoms with Gasteiger partial charge in [-0.2, -0.15) is 17.5 Å². The van der Waals surface area contributed by atoms with Gasteiger partial charge >= 0.3 is 12.2 Å². The van der Waals surface area contributed by atoms with Crippen LogP contribution in [-0.2, 0) is 20.9 Å². The van der Waals surface area contributed by atoms with Crippen LogP contribution >= 0.6 is 0 Å². The summed E-state index contributed by atoms with van der Waals surface area (Å²) in [5.41, 5.74) is -0.00729. The van der Waals surface area contributed by atoms with Gasteiger partial charge in [0.2, 0.25) is 10.0 Å². The number of sulfonamides is 1. The molecule has 0 aliphatic carbocycles. The molecule has 0 radical (unpaired) electrons. The third-order valence-electron chi connectivity index (χ3n) is 5.72. The fourth-order valence-electron chi connectivity index (χ4n) is 4.00. The maximum atomic E-state index is 13.1. The molecule has 12 heteroatoms. The first kappa shape index (κ1) is 24.3. The molecule has 2 aliphatic rings. The predicted molar refractivity (Wildman–Crippen MR) is 122 cm³/mol. The van der Waals surface area contributed by atoms with Gasteiger partial charge in [-0.15, -0.1) is 0 Å². The number of rotatable bonds is 5. The fourth-order valence-corrected chi connectivity index (χ4v) is 5.44. The Morgan fingerprint density at radius 3 is 2.32 bits per heavy atom. The summed E-state index contributed by atoms with van der Waals surface area (Å²) in [7, 11) is -3.80. The Hall–Kier alpha value is -2.83. The van der Waals surface area contributed by atoms with Crippen molar-refractivity contribution in [3.8, 4) is 0 Å². The van der Waals surface area contributed by atoms with E-state index in [0.717, 1.165) is 38.1 Å². The molecule has 2 aromatic carbocycles. The van der Waals surface area contributed by atoms with E-state index >= 15 is 0 Å². The lowest BCUT2D eigenvalue weighted by Crippen LogP contribution is -2.40. The van der Waals surface area contributed by atoms with Crippen LogP contribution in [0.3, 0.4) is 0 Å². The predicted octanol–water partition coefficient (Wildman–Crippen LogP) is 3.97. The Balaban J connectivity index is 1.60. The summed E-state index contributed by atoms with van der Waals surface area (Å²) >= 11 is 0. The van der Waals surface area contributed by atoms with Gasteiger partial charge in [-0.05, 0) is 49.2 Å². The number of nitrogens with zero attached hydrogens (tertiary/aromatic N) is 2. The summed E-state index contributed by atoms with van der Waals surface area (Å²) in [5, 5.41) is 5.03. The molecule has 2 aromatic rings. The minimum Gasteiger partial charge on any atom is -0.379 e. The number of alkyl halides is 3. The molecule has 8 nitrogen and oxygen atoms in total. The zero-order chi connectivity index (χ0) is 24.3. The van der Waals surface area contributed by atoms with E-state index in [4.69, 9.17) is 4.74 Å². The van der Waals surface area contributed by atoms with E-state index in [1.807, 2.05) is 4.90 Å². The van der Waals surface area contributed by atoms with Crippen molar-refractivity contribution in [1.82, 2.24) is 4.31 Å². The first-order valence-corrected chi connectivity index (χ1v) is 12.3. The number of hydrogen-bond acceptors (Lipinski definition) is 5. The summed E-state index contributed by atoms with van der Waals surface area (Å²) in [6.07, 6.45) is -2.62. The van der Waals surface area contributed by atoms with Crippen molar-refractivity contribution < 1.29 is 31.1 Å². The average molecular weight is 499 g/mol. The third-order valence-corrected chi connectivity index (χ3v) is 7.61. The standard InChI is InChI=1S/C22H25F3N4O4S/c23-22(24,25)16-4-3-5-17(14-16)26-21(30)27-19-15-18(6-7-20(19)28-8-1-2-9-28)34(31,32)29-10-12-33-13-11-29/h3-7,14-15H,1-2,8-13H2,(H2,26,27,30). The highest BCUT2D eigenvalue weighted by atomic mass is 32.2. The maximum Gasteiger partial charge on any atom is 0.416 e. The minimum absolute atomic E-state index is 0.0201. The molecule has 2 heterocycles. The van der Waals surface area contributed by atoms with E-state index in [1.165, 1.54) is 28.6 Å². The summed E-state index contributed by atoms with van der Waals surface area (Å²) in [6.45, 7) is 2.56. The number of nitrogens with one attached hydrogen (secondary N) is 2. The van der Waals surface area contributed by atoms with Crippen LogP contribution in [0.4, 0.5) is 35.0 Å². The summed E-state index contributed by atoms with van der Waals surface area (Å²) < 4.78 is 71.7. The Morgan fingerprint density at radius 1 is 0.941 bits per heavy atom. The summed E-state index contributed by atoms with van der Waals surface area (Å²) in [4.78, 5) is 14.7. The van der Waals surface area contributed by atoms with Crippen LogP contribution in [0, 0.1) is 0 Å². The van der Waals surface area contributed by atoms with E-state index in [2.05, 4.69) is 10.6 Å². The second kappa shape index (κ2) is 9.80. The Morgan fingerprint density at radius 2 is 1.65 bits per heavy atom. The molecule has 2 saturated heterocycles. The van der Waals surface area contributed by atoms with E-state index < -0.39 is 27.8 Å². The number of urea groups is 1. The van der Waals surface area contributed by atoms with Crippen LogP contribution in [0.2, 0.25) is 0 Å². The molecule has 0 atom stereocenters. The third kappa shape index (κ3) is 5.45. The van der Waals surface area contributed by atoms with Crippen molar-refractivity contribution in [2.75, 3.05) is 54.9 Å². The second-order valence-corrected chi connectivity index (χ2v) is 9.99. The number of morpholine rings is 1. The molecule has 2 fully saturated rings. The van der Waals surface area contributed by atoms with Gasteiger partial charge in [0.15, 0.2) is 0 Å². The van der Waals surface area contributed by atoms with Crippen LogP contribution in [-0.4, -0.2) is 58.1 Å². The van der Waals surface area contributed by atoms with Gasteiger partial charge in [-0.1, -0.05) is 6.07 Å². The molecular formula is C22H25F3N4O4S. The van der Waals surface area contributed by atoms with Crippen LogP contribution in [0.1, 0.15) is 18.4 Å². The van der Waals surface area contributed by atoms with Crippen LogP contribution in [0.5, 0.6) is 0 Å². The highest BCUT2D eigenvalue weighted by molar-refractivity contribution is 7.89. The van der Waals surface area contributed by atoms with E-state index in [-0.39, 0.29) is 29.4 Å². The molecule has 0 spiro atoms. The van der Waals surface area contributed by atoms with Crippen LogP contribution in [0.15, 0.2) is 47.4 Å². The van der Waals surface area contributed by atoms with Crippen molar-refractivity contribution in [3.63, 3.8) is 0 Å². The van der Waals surface area contributed by atoms with Crippen molar-refractivity contribution in [3.05, 3.63) is 48.0 Å².